The molecule has 1 amide bonds. The van der Waals surface area contributed by atoms with Crippen LogP contribution in [0.2, 0.25) is 0 Å². The van der Waals surface area contributed by atoms with Crippen molar-refractivity contribution in [3.8, 4) is 11.3 Å². The Morgan fingerprint density at radius 1 is 1.25 bits per heavy atom. The summed E-state index contributed by atoms with van der Waals surface area (Å²) in [4.78, 5) is 14.7. The molecule has 2 heterocycles. The van der Waals surface area contributed by atoms with Crippen LogP contribution in [-0.2, 0) is 4.74 Å². The molecule has 2 unspecified atom stereocenters. The number of amides is 1. The number of hydrogen-bond acceptors (Lipinski definition) is 4. The second kappa shape index (κ2) is 6.36. The zero-order valence-corrected chi connectivity index (χ0v) is 13.3. The molecule has 0 N–H and O–H groups in total. The largest absolute Gasteiger partial charge is 0.374 e. The summed E-state index contributed by atoms with van der Waals surface area (Å²) in [5, 5.41) is 3.93. The molecule has 1 saturated carbocycles. The van der Waals surface area contributed by atoms with Crippen LogP contribution in [-0.4, -0.2) is 41.3 Å². The lowest BCUT2D eigenvalue weighted by Gasteiger charge is -2.43. The molecular formula is C18H19FN2O3. The Balaban J connectivity index is 1.56. The molecule has 1 aliphatic heterocycles. The van der Waals surface area contributed by atoms with Crippen LogP contribution in [0.5, 0.6) is 0 Å². The van der Waals surface area contributed by atoms with Crippen LogP contribution in [0, 0.1) is 5.82 Å². The number of nitrogens with zero attached hydrogens (tertiary/aromatic N) is 2. The van der Waals surface area contributed by atoms with Crippen LogP contribution in [0.4, 0.5) is 4.39 Å². The summed E-state index contributed by atoms with van der Waals surface area (Å²) in [6.07, 6.45) is 4.34. The van der Waals surface area contributed by atoms with Crippen LogP contribution in [0.1, 0.15) is 36.2 Å². The highest BCUT2D eigenvalue weighted by Crippen LogP contribution is 2.30. The summed E-state index contributed by atoms with van der Waals surface area (Å²) < 4.78 is 24.4. The van der Waals surface area contributed by atoms with Crippen molar-refractivity contribution in [3.63, 3.8) is 0 Å². The number of rotatable bonds is 2. The van der Waals surface area contributed by atoms with E-state index in [1.165, 1.54) is 12.1 Å². The van der Waals surface area contributed by atoms with E-state index < -0.39 is 0 Å². The fourth-order valence-electron chi connectivity index (χ4n) is 3.65. The molecule has 6 heteroatoms. The van der Waals surface area contributed by atoms with Gasteiger partial charge in [-0.2, -0.15) is 0 Å². The molecule has 0 spiro atoms. The third-order valence-corrected chi connectivity index (χ3v) is 4.83. The van der Waals surface area contributed by atoms with Crippen LogP contribution in [0.15, 0.2) is 34.9 Å². The van der Waals surface area contributed by atoms with Gasteiger partial charge in [0.1, 0.15) is 11.5 Å². The van der Waals surface area contributed by atoms with E-state index in [1.807, 2.05) is 4.90 Å². The van der Waals surface area contributed by atoms with Gasteiger partial charge in [0.2, 0.25) is 5.76 Å². The number of morpholine rings is 1. The summed E-state index contributed by atoms with van der Waals surface area (Å²) in [5.74, 6) is -0.313. The number of carbonyl (C=O) groups is 1. The molecule has 5 nitrogen and oxygen atoms in total. The van der Waals surface area contributed by atoms with Gasteiger partial charge in [0.05, 0.1) is 18.8 Å². The summed E-state index contributed by atoms with van der Waals surface area (Å²) >= 11 is 0. The lowest BCUT2D eigenvalue weighted by atomic mass is 9.90. The molecule has 2 atom stereocenters. The Morgan fingerprint density at radius 3 is 3.00 bits per heavy atom. The zero-order valence-electron chi connectivity index (χ0n) is 13.3. The van der Waals surface area contributed by atoms with E-state index in [4.69, 9.17) is 9.26 Å². The average molecular weight is 330 g/mol. The van der Waals surface area contributed by atoms with Crippen LogP contribution in [0.3, 0.4) is 0 Å². The van der Waals surface area contributed by atoms with Gasteiger partial charge < -0.3 is 14.2 Å². The molecule has 1 aromatic carbocycles. The van der Waals surface area contributed by atoms with Crippen molar-refractivity contribution in [2.45, 2.75) is 37.8 Å². The second-order valence-electron chi connectivity index (χ2n) is 6.35. The maximum absolute atomic E-state index is 13.3. The molecule has 0 radical (unpaired) electrons. The minimum absolute atomic E-state index is 0.114. The molecule has 126 valence electrons. The van der Waals surface area contributed by atoms with Crippen molar-refractivity contribution in [1.29, 1.82) is 0 Å². The van der Waals surface area contributed by atoms with E-state index in [1.54, 1.807) is 18.2 Å². The van der Waals surface area contributed by atoms with Crippen molar-refractivity contribution in [3.05, 3.63) is 41.9 Å². The lowest BCUT2D eigenvalue weighted by Crippen LogP contribution is -2.54. The van der Waals surface area contributed by atoms with Crippen molar-refractivity contribution >= 4 is 5.91 Å². The molecule has 1 aliphatic carbocycles. The summed E-state index contributed by atoms with van der Waals surface area (Å²) in [7, 11) is 0. The van der Waals surface area contributed by atoms with Crippen molar-refractivity contribution < 1.29 is 18.4 Å². The van der Waals surface area contributed by atoms with Crippen molar-refractivity contribution in [2.75, 3.05) is 13.2 Å². The number of hydrogen-bond donors (Lipinski definition) is 0. The molecule has 1 aromatic heterocycles. The summed E-state index contributed by atoms with van der Waals surface area (Å²) in [6, 6.07) is 7.79. The average Bonchev–Trinajstić information content (AvgIpc) is 3.11. The van der Waals surface area contributed by atoms with Gasteiger partial charge in [-0.05, 0) is 25.0 Å². The first kappa shape index (κ1) is 15.3. The van der Waals surface area contributed by atoms with Gasteiger partial charge in [0, 0.05) is 18.2 Å². The Kier molecular flexibility index (Phi) is 4.06. The fraction of sp³-hybridized carbons (Fsp3) is 0.444. The number of benzene rings is 1. The summed E-state index contributed by atoms with van der Waals surface area (Å²) in [5.41, 5.74) is 1.06. The van der Waals surface area contributed by atoms with E-state index in [0.29, 0.717) is 24.4 Å². The SMILES string of the molecule is O=C(c1cc(-c2cccc(F)c2)no1)N1CCOC2CCCCC21. The van der Waals surface area contributed by atoms with Gasteiger partial charge in [0.15, 0.2) is 0 Å². The third kappa shape index (κ3) is 2.82. The Hall–Kier alpha value is -2.21. The number of ether oxygens (including phenoxy) is 1. The quantitative estimate of drug-likeness (QED) is 0.848. The predicted octanol–water partition coefficient (Wildman–Crippen LogP) is 3.26. The Morgan fingerprint density at radius 2 is 2.12 bits per heavy atom. The first-order chi connectivity index (χ1) is 11.7. The molecule has 0 bridgehead atoms. The van der Waals surface area contributed by atoms with Gasteiger partial charge in [-0.3, -0.25) is 4.79 Å². The second-order valence-corrected chi connectivity index (χ2v) is 6.35. The van der Waals surface area contributed by atoms with Crippen molar-refractivity contribution in [2.24, 2.45) is 0 Å². The molecular weight excluding hydrogens is 311 g/mol. The first-order valence-corrected chi connectivity index (χ1v) is 8.37. The van der Waals surface area contributed by atoms with E-state index >= 15 is 0 Å². The minimum atomic E-state index is -0.346. The smallest absolute Gasteiger partial charge is 0.292 e. The van der Waals surface area contributed by atoms with Gasteiger partial charge in [-0.25, -0.2) is 4.39 Å². The fourth-order valence-corrected chi connectivity index (χ4v) is 3.65. The Labute approximate surface area is 139 Å². The number of aromatic nitrogens is 1. The first-order valence-electron chi connectivity index (χ1n) is 8.37. The number of fused-ring (bicyclic) bond motifs is 1. The maximum atomic E-state index is 13.3. The predicted molar refractivity (Wildman–Crippen MR) is 84.9 cm³/mol. The molecule has 2 aliphatic rings. The third-order valence-electron chi connectivity index (χ3n) is 4.83. The zero-order chi connectivity index (χ0) is 16.5. The van der Waals surface area contributed by atoms with E-state index in [-0.39, 0.29) is 29.6 Å². The Bertz CT molecular complexity index is 743. The van der Waals surface area contributed by atoms with E-state index in [9.17, 15) is 9.18 Å². The molecule has 2 aromatic rings. The van der Waals surface area contributed by atoms with Crippen LogP contribution in [0.25, 0.3) is 11.3 Å². The van der Waals surface area contributed by atoms with Gasteiger partial charge in [0.25, 0.3) is 5.91 Å². The molecule has 24 heavy (non-hydrogen) atoms. The van der Waals surface area contributed by atoms with Crippen molar-refractivity contribution in [1.82, 2.24) is 10.1 Å². The summed E-state index contributed by atoms with van der Waals surface area (Å²) in [6.45, 7) is 1.12. The van der Waals surface area contributed by atoms with Crippen LogP contribution >= 0.6 is 0 Å². The standard InChI is InChI=1S/C18H19FN2O3/c19-13-5-3-4-12(10-13)14-11-17(24-20-14)18(22)21-8-9-23-16-7-2-1-6-15(16)21/h3-5,10-11,15-16H,1-2,6-9H2. The number of halogens is 1. The van der Waals surface area contributed by atoms with Crippen LogP contribution < -0.4 is 0 Å². The highest BCUT2D eigenvalue weighted by molar-refractivity contribution is 5.92. The normalized spacial score (nSPS) is 23.8. The monoisotopic (exact) mass is 330 g/mol. The highest BCUT2D eigenvalue weighted by Gasteiger charge is 2.38. The minimum Gasteiger partial charge on any atom is -0.374 e. The van der Waals surface area contributed by atoms with E-state index in [0.717, 1.165) is 25.7 Å². The van der Waals surface area contributed by atoms with E-state index in [2.05, 4.69) is 5.16 Å². The number of carbonyl (C=O) groups excluding carboxylic acids is 1. The van der Waals surface area contributed by atoms with Gasteiger partial charge >= 0.3 is 0 Å². The van der Waals surface area contributed by atoms with Gasteiger partial charge in [-0.15, -0.1) is 0 Å². The highest BCUT2D eigenvalue weighted by atomic mass is 19.1. The molecule has 2 fully saturated rings. The maximum Gasteiger partial charge on any atom is 0.292 e. The topological polar surface area (TPSA) is 55.6 Å². The lowest BCUT2D eigenvalue weighted by molar-refractivity contribution is -0.0760. The molecule has 4 rings (SSSR count). The van der Waals surface area contributed by atoms with Gasteiger partial charge in [-0.1, -0.05) is 30.1 Å². The molecule has 1 saturated heterocycles.